The molecule has 0 radical (unpaired) electrons. The number of hydrogen-bond acceptors (Lipinski definition) is 7. The van der Waals surface area contributed by atoms with Crippen LogP contribution in [0.4, 0.5) is 0 Å². The van der Waals surface area contributed by atoms with Gasteiger partial charge in [-0.25, -0.2) is 0 Å². The first-order chi connectivity index (χ1) is 13.4. The highest BCUT2D eigenvalue weighted by Crippen LogP contribution is 2.52. The maximum Gasteiger partial charge on any atom is 0.383 e. The van der Waals surface area contributed by atoms with E-state index in [-0.39, 0.29) is 36.4 Å². The van der Waals surface area contributed by atoms with Crippen molar-refractivity contribution in [2.45, 2.75) is 13.8 Å². The van der Waals surface area contributed by atoms with Crippen LogP contribution in [0.1, 0.15) is 29.8 Å². The Kier molecular flexibility index (Phi) is 8.20. The number of hydrogen-bond donors (Lipinski definition) is 1. The van der Waals surface area contributed by atoms with Gasteiger partial charge in [-0.3, -0.25) is 9.36 Å². The maximum atomic E-state index is 13.0. The minimum absolute atomic E-state index is 0.0755. The zero-order valence-corrected chi connectivity index (χ0v) is 17.2. The summed E-state index contributed by atoms with van der Waals surface area (Å²) < 4.78 is 29.0. The van der Waals surface area contributed by atoms with Gasteiger partial charge >= 0.3 is 7.60 Å². The summed E-state index contributed by atoms with van der Waals surface area (Å²) in [5.74, 6) is 0.0758. The zero-order valence-electron chi connectivity index (χ0n) is 15.5. The molecule has 0 aliphatic heterocycles. The third kappa shape index (κ3) is 5.42. The zero-order chi connectivity index (χ0) is 20.6. The number of oxime groups is 1. The molecule has 0 bridgehead atoms. The minimum Gasteiger partial charge on any atom is -0.485 e. The lowest BCUT2D eigenvalue weighted by molar-refractivity contribution is 0.0921. The van der Waals surface area contributed by atoms with Gasteiger partial charge in [0.1, 0.15) is 5.75 Å². The molecule has 2 aromatic rings. The molecule has 28 heavy (non-hydrogen) atoms. The summed E-state index contributed by atoms with van der Waals surface area (Å²) >= 11 is 5.83. The van der Waals surface area contributed by atoms with Gasteiger partial charge in [0.05, 0.1) is 13.2 Å². The minimum atomic E-state index is -3.91. The van der Waals surface area contributed by atoms with Gasteiger partial charge in [-0.1, -0.05) is 41.0 Å². The Balaban J connectivity index is 2.30. The third-order valence-electron chi connectivity index (χ3n) is 3.60. The number of rotatable bonds is 10. The Morgan fingerprint density at radius 1 is 1.04 bits per heavy atom. The Morgan fingerprint density at radius 2 is 1.61 bits per heavy atom. The fourth-order valence-corrected chi connectivity index (χ4v) is 4.16. The van der Waals surface area contributed by atoms with E-state index >= 15 is 0 Å². The molecule has 1 N–H and O–H groups in total. The van der Waals surface area contributed by atoms with Crippen LogP contribution in [0.15, 0.2) is 53.7 Å². The van der Waals surface area contributed by atoms with Crippen LogP contribution in [0.5, 0.6) is 5.75 Å². The Bertz CT molecular complexity index is 874. The first-order valence-electron chi connectivity index (χ1n) is 8.57. The SMILES string of the molecule is CCOP(=O)(OCC)C(=NO)c1ccccc1C(=O)COc1ccc(Cl)cc1. The molecular formula is C19H21ClNO6P. The Morgan fingerprint density at radius 3 is 2.14 bits per heavy atom. The van der Waals surface area contributed by atoms with Crippen LogP contribution in [0.2, 0.25) is 5.02 Å². The molecule has 0 saturated heterocycles. The lowest BCUT2D eigenvalue weighted by Crippen LogP contribution is -2.17. The second-order valence-electron chi connectivity index (χ2n) is 5.47. The van der Waals surface area contributed by atoms with Crippen molar-refractivity contribution in [3.05, 3.63) is 64.7 Å². The van der Waals surface area contributed by atoms with Gasteiger partial charge in [-0.05, 0) is 38.1 Å². The summed E-state index contributed by atoms with van der Waals surface area (Å²) in [4.78, 5) is 12.7. The van der Waals surface area contributed by atoms with E-state index in [0.29, 0.717) is 10.8 Å². The van der Waals surface area contributed by atoms with Crippen LogP contribution in [0, 0.1) is 0 Å². The lowest BCUT2D eigenvalue weighted by atomic mass is 10.0. The summed E-state index contributed by atoms with van der Waals surface area (Å²) in [6.07, 6.45) is 0. The number of halogens is 1. The predicted octanol–water partition coefficient (Wildman–Crippen LogP) is 5.00. The maximum absolute atomic E-state index is 13.0. The smallest absolute Gasteiger partial charge is 0.383 e. The number of benzene rings is 2. The van der Waals surface area contributed by atoms with Gasteiger partial charge < -0.3 is 19.0 Å². The lowest BCUT2D eigenvalue weighted by Gasteiger charge is -2.19. The number of nitrogens with zero attached hydrogens (tertiary/aromatic N) is 1. The van der Waals surface area contributed by atoms with Gasteiger partial charge in [-0.2, -0.15) is 0 Å². The molecule has 0 spiro atoms. The van der Waals surface area contributed by atoms with Crippen molar-refractivity contribution in [2.75, 3.05) is 19.8 Å². The van der Waals surface area contributed by atoms with Gasteiger partial charge in [-0.15, -0.1) is 0 Å². The third-order valence-corrected chi connectivity index (χ3v) is 5.90. The van der Waals surface area contributed by atoms with Crippen molar-refractivity contribution < 1.29 is 28.4 Å². The van der Waals surface area contributed by atoms with Crippen LogP contribution < -0.4 is 4.74 Å². The molecule has 150 valence electrons. The summed E-state index contributed by atoms with van der Waals surface area (Å²) in [5, 5.41) is 13.2. The van der Waals surface area contributed by atoms with Crippen LogP contribution >= 0.6 is 19.2 Å². The van der Waals surface area contributed by atoms with E-state index in [1.807, 2.05) is 0 Å². The van der Waals surface area contributed by atoms with E-state index < -0.39 is 13.4 Å². The van der Waals surface area contributed by atoms with Crippen LogP contribution in [0.3, 0.4) is 0 Å². The van der Waals surface area contributed by atoms with E-state index in [1.54, 1.807) is 50.2 Å². The second-order valence-corrected chi connectivity index (χ2v) is 7.84. The van der Waals surface area contributed by atoms with Crippen LogP contribution in [-0.4, -0.2) is 36.3 Å². The molecular weight excluding hydrogens is 405 g/mol. The second kappa shape index (κ2) is 10.4. The number of ketones is 1. The fourth-order valence-electron chi connectivity index (χ4n) is 2.43. The number of carbonyl (C=O) groups is 1. The monoisotopic (exact) mass is 425 g/mol. The molecule has 0 atom stereocenters. The van der Waals surface area contributed by atoms with Crippen molar-refractivity contribution in [1.82, 2.24) is 0 Å². The summed E-state index contributed by atoms with van der Waals surface area (Å²) in [6, 6.07) is 12.9. The normalized spacial score (nSPS) is 12.0. The molecule has 2 aromatic carbocycles. The molecule has 0 heterocycles. The van der Waals surface area contributed by atoms with E-state index in [4.69, 9.17) is 25.4 Å². The number of Topliss-reactive ketones (excluding diaryl/α,β-unsaturated/α-hetero) is 1. The standard InChI is InChI=1S/C19H21ClNO6P/c1-3-26-28(24,27-4-2)19(21-23)17-8-6-5-7-16(17)18(22)13-25-15-11-9-14(20)10-12-15/h5-12,23H,3-4,13H2,1-2H3. The molecule has 0 unspecified atom stereocenters. The largest absolute Gasteiger partial charge is 0.485 e. The molecule has 0 saturated carbocycles. The molecule has 9 heteroatoms. The topological polar surface area (TPSA) is 94.4 Å². The fraction of sp³-hybridized carbons (Fsp3) is 0.263. The average Bonchev–Trinajstić information content (AvgIpc) is 2.68. The van der Waals surface area contributed by atoms with Crippen molar-refractivity contribution in [3.63, 3.8) is 0 Å². The average molecular weight is 426 g/mol. The Hall–Kier alpha value is -2.18. The van der Waals surface area contributed by atoms with E-state index in [1.165, 1.54) is 12.1 Å². The quantitative estimate of drug-likeness (QED) is 0.189. The molecule has 0 aromatic heterocycles. The summed E-state index contributed by atoms with van der Waals surface area (Å²) in [6.45, 7) is 3.15. The highest BCUT2D eigenvalue weighted by molar-refractivity contribution is 7.73. The molecule has 0 fully saturated rings. The van der Waals surface area contributed by atoms with Gasteiger partial charge in [0, 0.05) is 16.1 Å². The van der Waals surface area contributed by atoms with Gasteiger partial charge in [0.25, 0.3) is 0 Å². The molecule has 0 amide bonds. The van der Waals surface area contributed by atoms with E-state index in [0.717, 1.165) is 0 Å². The van der Waals surface area contributed by atoms with Crippen molar-refractivity contribution in [3.8, 4) is 5.75 Å². The van der Waals surface area contributed by atoms with E-state index in [2.05, 4.69) is 5.16 Å². The van der Waals surface area contributed by atoms with Gasteiger partial charge in [0.2, 0.25) is 5.78 Å². The van der Waals surface area contributed by atoms with Crippen LogP contribution in [-0.2, 0) is 13.6 Å². The highest BCUT2D eigenvalue weighted by atomic mass is 35.5. The molecule has 2 rings (SSSR count). The van der Waals surface area contributed by atoms with Crippen LogP contribution in [0.25, 0.3) is 0 Å². The Labute approximate surface area is 168 Å². The number of carbonyl (C=O) groups excluding carboxylic acids is 1. The first-order valence-corrected chi connectivity index (χ1v) is 10.5. The van der Waals surface area contributed by atoms with E-state index in [9.17, 15) is 14.6 Å². The highest BCUT2D eigenvalue weighted by Gasteiger charge is 2.35. The van der Waals surface area contributed by atoms with Crippen molar-refractivity contribution in [1.29, 1.82) is 0 Å². The summed E-state index contributed by atoms with van der Waals surface area (Å²) in [7, 11) is -3.91. The number of ether oxygens (including phenoxy) is 1. The van der Waals surface area contributed by atoms with Gasteiger partial charge in [0.15, 0.2) is 12.1 Å². The van der Waals surface area contributed by atoms with Crippen molar-refractivity contribution in [2.24, 2.45) is 5.16 Å². The van der Waals surface area contributed by atoms with Crippen molar-refractivity contribution >= 4 is 30.4 Å². The predicted molar refractivity (Wildman–Crippen MR) is 107 cm³/mol. The first kappa shape index (κ1) is 22.1. The summed E-state index contributed by atoms with van der Waals surface area (Å²) in [5.41, 5.74) is -0.00419. The molecule has 7 nitrogen and oxygen atoms in total. The molecule has 0 aliphatic carbocycles. The molecule has 0 aliphatic rings.